The maximum Gasteiger partial charge on any atom is 0.265 e. The maximum absolute atomic E-state index is 11.6. The summed E-state index contributed by atoms with van der Waals surface area (Å²) in [5.74, 6) is -1.12. The first-order valence-electron chi connectivity index (χ1n) is 5.11. The Labute approximate surface area is 97.4 Å². The fraction of sp³-hybridized carbons (Fsp3) is 0.182. The van der Waals surface area contributed by atoms with Gasteiger partial charge in [-0.05, 0) is 12.1 Å². The number of imide groups is 1. The van der Waals surface area contributed by atoms with E-state index in [1.165, 1.54) is 0 Å². The molecular formula is C11H11N3O3. The van der Waals surface area contributed by atoms with Crippen molar-refractivity contribution in [1.82, 2.24) is 16.2 Å². The Morgan fingerprint density at radius 3 is 2.53 bits per heavy atom. The number of amides is 3. The summed E-state index contributed by atoms with van der Waals surface area (Å²) in [4.78, 5) is 33.7. The fourth-order valence-corrected chi connectivity index (χ4v) is 1.48. The molecule has 1 aliphatic rings. The van der Waals surface area contributed by atoms with Crippen molar-refractivity contribution in [2.45, 2.75) is 12.5 Å². The molecule has 0 saturated carbocycles. The quantitative estimate of drug-likeness (QED) is 0.477. The summed E-state index contributed by atoms with van der Waals surface area (Å²) >= 11 is 0. The first-order chi connectivity index (χ1) is 8.16. The molecule has 6 heteroatoms. The Balaban J connectivity index is 1.89. The van der Waals surface area contributed by atoms with E-state index in [2.05, 4.69) is 16.2 Å². The third kappa shape index (κ3) is 2.67. The topological polar surface area (TPSA) is 87.3 Å². The molecule has 0 radical (unpaired) electrons. The molecule has 0 bridgehead atoms. The minimum atomic E-state index is -0.699. The van der Waals surface area contributed by atoms with E-state index in [1.54, 1.807) is 30.3 Å². The summed E-state index contributed by atoms with van der Waals surface area (Å²) in [6.07, 6.45) is 0.0356. The summed E-state index contributed by atoms with van der Waals surface area (Å²) in [5, 5.41) is 2.14. The summed E-state index contributed by atoms with van der Waals surface area (Å²) in [5.41, 5.74) is 5.39. The van der Waals surface area contributed by atoms with E-state index in [1.807, 2.05) is 0 Å². The minimum absolute atomic E-state index is 0.0356. The number of nitrogens with one attached hydrogen (secondary N) is 3. The number of carbonyl (C=O) groups excluding carboxylic acids is 3. The summed E-state index contributed by atoms with van der Waals surface area (Å²) in [6.45, 7) is 0. The van der Waals surface area contributed by atoms with E-state index in [9.17, 15) is 14.4 Å². The molecule has 1 saturated heterocycles. The first-order valence-corrected chi connectivity index (χ1v) is 5.11. The normalized spacial score (nSPS) is 18.9. The van der Waals surface area contributed by atoms with Gasteiger partial charge in [-0.2, -0.15) is 0 Å². The van der Waals surface area contributed by atoms with Gasteiger partial charge < -0.3 is 0 Å². The minimum Gasteiger partial charge on any atom is -0.295 e. The van der Waals surface area contributed by atoms with Gasteiger partial charge in [0.1, 0.15) is 6.04 Å². The van der Waals surface area contributed by atoms with Gasteiger partial charge in [-0.15, -0.1) is 0 Å². The van der Waals surface area contributed by atoms with E-state index in [0.717, 1.165) is 0 Å². The molecule has 1 fully saturated rings. The van der Waals surface area contributed by atoms with Crippen LogP contribution in [-0.2, 0) is 9.59 Å². The maximum atomic E-state index is 11.6. The van der Waals surface area contributed by atoms with E-state index in [-0.39, 0.29) is 18.2 Å². The van der Waals surface area contributed by atoms with Crippen LogP contribution in [0.4, 0.5) is 0 Å². The molecule has 3 amide bonds. The average molecular weight is 233 g/mol. The molecule has 0 unspecified atom stereocenters. The number of benzene rings is 1. The Kier molecular flexibility index (Phi) is 3.15. The predicted octanol–water partition coefficient (Wildman–Crippen LogP) is -0.664. The van der Waals surface area contributed by atoms with Crippen LogP contribution in [0.2, 0.25) is 0 Å². The van der Waals surface area contributed by atoms with Crippen LogP contribution in [0, 0.1) is 0 Å². The summed E-state index contributed by atoms with van der Waals surface area (Å²) in [7, 11) is 0. The largest absolute Gasteiger partial charge is 0.295 e. The highest BCUT2D eigenvalue weighted by molar-refractivity contribution is 6.05. The van der Waals surface area contributed by atoms with Gasteiger partial charge in [-0.25, -0.2) is 5.43 Å². The van der Waals surface area contributed by atoms with Crippen molar-refractivity contribution in [3.8, 4) is 0 Å². The van der Waals surface area contributed by atoms with Crippen LogP contribution in [0.15, 0.2) is 30.3 Å². The number of hydrogen-bond donors (Lipinski definition) is 3. The van der Waals surface area contributed by atoms with Crippen LogP contribution in [0.1, 0.15) is 16.8 Å². The van der Waals surface area contributed by atoms with Crippen molar-refractivity contribution >= 4 is 17.7 Å². The van der Waals surface area contributed by atoms with Crippen LogP contribution in [0.25, 0.3) is 0 Å². The molecular weight excluding hydrogens is 222 g/mol. The second-order valence-electron chi connectivity index (χ2n) is 3.63. The highest BCUT2D eigenvalue weighted by atomic mass is 16.2. The van der Waals surface area contributed by atoms with Crippen molar-refractivity contribution in [1.29, 1.82) is 0 Å². The lowest BCUT2D eigenvalue weighted by Gasteiger charge is -2.10. The van der Waals surface area contributed by atoms with Crippen LogP contribution < -0.4 is 16.2 Å². The zero-order valence-corrected chi connectivity index (χ0v) is 8.90. The van der Waals surface area contributed by atoms with E-state index in [4.69, 9.17) is 0 Å². The molecule has 1 aromatic carbocycles. The van der Waals surface area contributed by atoms with E-state index in [0.29, 0.717) is 5.56 Å². The second kappa shape index (κ2) is 4.75. The standard InChI is InChI=1S/C11H11N3O3/c15-9-6-8(11(17)12-9)13-14-10(16)7-4-2-1-3-5-7/h1-5,8,13H,6H2,(H,14,16)(H,12,15,17)/t8-/m0/s1. The van der Waals surface area contributed by atoms with Gasteiger partial charge in [0, 0.05) is 5.56 Å². The molecule has 88 valence electrons. The van der Waals surface area contributed by atoms with Crippen LogP contribution in [-0.4, -0.2) is 23.8 Å². The molecule has 1 aliphatic heterocycles. The number of carbonyl (C=O) groups is 3. The third-order valence-electron chi connectivity index (χ3n) is 2.36. The second-order valence-corrected chi connectivity index (χ2v) is 3.63. The van der Waals surface area contributed by atoms with E-state index < -0.39 is 11.9 Å². The third-order valence-corrected chi connectivity index (χ3v) is 2.36. The Hall–Kier alpha value is -2.21. The van der Waals surface area contributed by atoms with Gasteiger partial charge in [0.25, 0.3) is 5.91 Å². The fourth-order valence-electron chi connectivity index (χ4n) is 1.48. The van der Waals surface area contributed by atoms with Crippen molar-refractivity contribution in [2.75, 3.05) is 0 Å². The Morgan fingerprint density at radius 2 is 1.94 bits per heavy atom. The monoisotopic (exact) mass is 233 g/mol. The smallest absolute Gasteiger partial charge is 0.265 e. The number of rotatable bonds is 3. The zero-order valence-electron chi connectivity index (χ0n) is 8.90. The number of hydrazine groups is 1. The van der Waals surface area contributed by atoms with Gasteiger partial charge >= 0.3 is 0 Å². The molecule has 1 atom stereocenters. The lowest BCUT2D eigenvalue weighted by atomic mass is 10.2. The van der Waals surface area contributed by atoms with Crippen molar-refractivity contribution < 1.29 is 14.4 Å². The van der Waals surface area contributed by atoms with E-state index >= 15 is 0 Å². The molecule has 17 heavy (non-hydrogen) atoms. The van der Waals surface area contributed by atoms with Gasteiger partial charge in [-0.3, -0.25) is 25.1 Å². The average Bonchev–Trinajstić information content (AvgIpc) is 2.66. The van der Waals surface area contributed by atoms with Crippen LogP contribution in [0.5, 0.6) is 0 Å². The predicted molar refractivity (Wildman–Crippen MR) is 58.6 cm³/mol. The summed E-state index contributed by atoms with van der Waals surface area (Å²) in [6, 6.07) is 7.87. The molecule has 0 spiro atoms. The van der Waals surface area contributed by atoms with Crippen LogP contribution in [0.3, 0.4) is 0 Å². The Bertz CT molecular complexity index is 458. The molecule has 6 nitrogen and oxygen atoms in total. The first kappa shape index (κ1) is 11.3. The highest BCUT2D eigenvalue weighted by Crippen LogP contribution is 2.01. The lowest BCUT2D eigenvalue weighted by Crippen LogP contribution is -2.47. The SMILES string of the molecule is O=C1C[C@H](NNC(=O)c2ccccc2)C(=O)N1. The van der Waals surface area contributed by atoms with Crippen LogP contribution >= 0.6 is 0 Å². The van der Waals surface area contributed by atoms with Gasteiger partial charge in [0.15, 0.2) is 0 Å². The van der Waals surface area contributed by atoms with Crippen molar-refractivity contribution in [3.05, 3.63) is 35.9 Å². The highest BCUT2D eigenvalue weighted by Gasteiger charge is 2.30. The van der Waals surface area contributed by atoms with Crippen molar-refractivity contribution in [2.24, 2.45) is 0 Å². The molecule has 1 aromatic rings. The molecule has 0 aromatic heterocycles. The van der Waals surface area contributed by atoms with Gasteiger partial charge in [-0.1, -0.05) is 18.2 Å². The number of hydrogen-bond acceptors (Lipinski definition) is 4. The lowest BCUT2D eigenvalue weighted by molar-refractivity contribution is -0.125. The Morgan fingerprint density at radius 1 is 1.24 bits per heavy atom. The molecule has 1 heterocycles. The molecule has 2 rings (SSSR count). The summed E-state index contributed by atoms with van der Waals surface area (Å²) < 4.78 is 0. The zero-order chi connectivity index (χ0) is 12.3. The molecule has 0 aliphatic carbocycles. The van der Waals surface area contributed by atoms with Gasteiger partial charge in [0.05, 0.1) is 6.42 Å². The van der Waals surface area contributed by atoms with Crippen molar-refractivity contribution in [3.63, 3.8) is 0 Å². The van der Waals surface area contributed by atoms with Gasteiger partial charge in [0.2, 0.25) is 11.8 Å². The molecule has 3 N–H and O–H groups in total.